The van der Waals surface area contributed by atoms with E-state index < -0.39 is 22.6 Å². The molecule has 166 valence electrons. The van der Waals surface area contributed by atoms with Crippen LogP contribution in [0, 0.1) is 29.5 Å². The van der Waals surface area contributed by atoms with Gasteiger partial charge in [0.1, 0.15) is 23.1 Å². The van der Waals surface area contributed by atoms with E-state index in [4.69, 9.17) is 5.73 Å². The number of hydrogen-bond acceptors (Lipinski definition) is 5. The number of amides is 1. The largest absolute Gasteiger partial charge is 0.384 e. The number of aryl methyl sites for hydroxylation is 1. The molecule has 0 bridgehead atoms. The number of nitrogens with two attached hydrogens (primary N) is 1. The van der Waals surface area contributed by atoms with E-state index in [1.807, 2.05) is 32.9 Å². The van der Waals surface area contributed by atoms with Crippen molar-refractivity contribution in [3.05, 3.63) is 82.1 Å². The smallest absolute Gasteiger partial charge is 0.245 e. The summed E-state index contributed by atoms with van der Waals surface area (Å²) in [6, 6.07) is 13.6. The molecule has 0 radical (unpaired) electrons. The van der Waals surface area contributed by atoms with Crippen LogP contribution in [0.2, 0.25) is 0 Å². The molecule has 7 heteroatoms. The van der Waals surface area contributed by atoms with Gasteiger partial charge in [0.2, 0.25) is 5.91 Å². The third-order valence-electron chi connectivity index (χ3n) is 6.74. The summed E-state index contributed by atoms with van der Waals surface area (Å²) in [5.41, 5.74) is 7.16. The molecule has 3 aliphatic rings. The highest BCUT2D eigenvalue weighted by molar-refractivity contribution is 6.20. The predicted octanol–water partition coefficient (Wildman–Crippen LogP) is 4.18. The molecule has 0 saturated carbocycles. The molecule has 6 nitrogen and oxygen atoms in total. The summed E-state index contributed by atoms with van der Waals surface area (Å²) in [6.07, 6.45) is 0.587. The molecule has 2 aromatic rings. The predicted molar refractivity (Wildman–Crippen MR) is 122 cm³/mol. The SMILES string of the molecule is Cc1ccc2c(c1)[C@]1(C(=O)N2)C(C#N)=C(N)N(c2ccccc2F)C2=C1C(=O)CC(C)(C)C2. The molecular weight excluding hydrogens is 419 g/mol. The van der Waals surface area contributed by atoms with Gasteiger partial charge in [0.15, 0.2) is 5.78 Å². The van der Waals surface area contributed by atoms with Gasteiger partial charge in [-0.2, -0.15) is 5.26 Å². The van der Waals surface area contributed by atoms with E-state index in [0.29, 0.717) is 23.4 Å². The van der Waals surface area contributed by atoms with E-state index in [-0.39, 0.29) is 34.9 Å². The van der Waals surface area contributed by atoms with Crippen molar-refractivity contribution in [3.8, 4) is 6.07 Å². The minimum Gasteiger partial charge on any atom is -0.384 e. The van der Waals surface area contributed by atoms with Crippen LogP contribution < -0.4 is 16.0 Å². The zero-order chi connectivity index (χ0) is 23.7. The van der Waals surface area contributed by atoms with Crippen LogP contribution >= 0.6 is 0 Å². The first-order chi connectivity index (χ1) is 15.6. The average Bonchev–Trinajstić information content (AvgIpc) is 3.00. The Balaban J connectivity index is 1.93. The van der Waals surface area contributed by atoms with Crippen LogP contribution in [0.15, 0.2) is 65.1 Å². The first kappa shape index (κ1) is 21.0. The number of carbonyl (C=O) groups excluding carboxylic acids is 2. The number of fused-ring (bicyclic) bond motifs is 3. The van der Waals surface area contributed by atoms with Gasteiger partial charge in [0.25, 0.3) is 0 Å². The number of nitrogens with one attached hydrogen (secondary N) is 1. The molecular formula is C26H23FN4O2. The van der Waals surface area contributed by atoms with E-state index in [2.05, 4.69) is 11.4 Å². The lowest BCUT2D eigenvalue weighted by molar-refractivity contribution is -0.123. The summed E-state index contributed by atoms with van der Waals surface area (Å²) in [7, 11) is 0. The molecule has 1 amide bonds. The van der Waals surface area contributed by atoms with Gasteiger partial charge in [-0.3, -0.25) is 14.5 Å². The number of ketones is 1. The van der Waals surface area contributed by atoms with Crippen molar-refractivity contribution in [2.45, 2.75) is 39.0 Å². The van der Waals surface area contributed by atoms with Crippen molar-refractivity contribution in [2.24, 2.45) is 11.1 Å². The van der Waals surface area contributed by atoms with Crippen LogP contribution in [-0.4, -0.2) is 11.7 Å². The maximum atomic E-state index is 15.0. The molecule has 1 spiro atoms. The molecule has 1 atom stereocenters. The maximum absolute atomic E-state index is 15.0. The van der Waals surface area contributed by atoms with Crippen LogP contribution in [0.25, 0.3) is 0 Å². The molecule has 0 fully saturated rings. The van der Waals surface area contributed by atoms with Gasteiger partial charge in [-0.1, -0.05) is 43.7 Å². The summed E-state index contributed by atoms with van der Waals surface area (Å²) < 4.78 is 15.0. The van der Waals surface area contributed by atoms with E-state index in [9.17, 15) is 19.2 Å². The summed E-state index contributed by atoms with van der Waals surface area (Å²) >= 11 is 0. The fraction of sp³-hybridized carbons (Fsp3) is 0.269. The quantitative estimate of drug-likeness (QED) is 0.690. The molecule has 3 N–H and O–H groups in total. The minimum absolute atomic E-state index is 0.0450. The number of hydrogen-bond donors (Lipinski definition) is 2. The monoisotopic (exact) mass is 442 g/mol. The van der Waals surface area contributed by atoms with E-state index in [1.54, 1.807) is 24.3 Å². The van der Waals surface area contributed by atoms with Crippen molar-refractivity contribution >= 4 is 23.1 Å². The Labute approximate surface area is 191 Å². The number of anilines is 2. The van der Waals surface area contributed by atoms with Crippen LogP contribution in [0.5, 0.6) is 0 Å². The van der Waals surface area contributed by atoms with Gasteiger partial charge in [-0.15, -0.1) is 0 Å². The number of allylic oxidation sites excluding steroid dienone is 1. The van der Waals surface area contributed by atoms with Crippen molar-refractivity contribution in [1.29, 1.82) is 5.26 Å². The molecule has 1 aliphatic carbocycles. The van der Waals surface area contributed by atoms with Crippen LogP contribution in [0.3, 0.4) is 0 Å². The fourth-order valence-corrected chi connectivity index (χ4v) is 5.44. The lowest BCUT2D eigenvalue weighted by atomic mass is 9.60. The lowest BCUT2D eigenvalue weighted by Gasteiger charge is -2.46. The number of para-hydroxylation sites is 1. The minimum atomic E-state index is -1.66. The van der Waals surface area contributed by atoms with E-state index in [0.717, 1.165) is 5.56 Å². The Morgan fingerprint density at radius 2 is 1.88 bits per heavy atom. The first-order valence-electron chi connectivity index (χ1n) is 10.8. The highest BCUT2D eigenvalue weighted by atomic mass is 19.1. The van der Waals surface area contributed by atoms with Crippen molar-refractivity contribution in [2.75, 3.05) is 10.2 Å². The molecule has 2 heterocycles. The lowest BCUT2D eigenvalue weighted by Crippen LogP contribution is -2.52. The van der Waals surface area contributed by atoms with Gasteiger partial charge >= 0.3 is 0 Å². The average molecular weight is 442 g/mol. The van der Waals surface area contributed by atoms with Gasteiger partial charge in [0.05, 0.1) is 11.3 Å². The van der Waals surface area contributed by atoms with E-state index in [1.165, 1.54) is 11.0 Å². The van der Waals surface area contributed by atoms with Gasteiger partial charge in [-0.05, 0) is 37.0 Å². The molecule has 0 aromatic heterocycles. The Hall–Kier alpha value is -3.92. The number of benzene rings is 2. The molecule has 2 aromatic carbocycles. The number of halogens is 1. The number of nitriles is 1. The molecule has 2 aliphatic heterocycles. The van der Waals surface area contributed by atoms with Crippen LogP contribution in [-0.2, 0) is 15.0 Å². The normalized spacial score (nSPS) is 23.4. The third-order valence-corrected chi connectivity index (χ3v) is 6.74. The second-order valence-corrected chi connectivity index (χ2v) is 9.67. The highest BCUT2D eigenvalue weighted by Crippen LogP contribution is 2.57. The molecule has 33 heavy (non-hydrogen) atoms. The summed E-state index contributed by atoms with van der Waals surface area (Å²) in [6.45, 7) is 5.78. The zero-order valence-corrected chi connectivity index (χ0v) is 18.6. The Morgan fingerprint density at radius 3 is 2.58 bits per heavy atom. The number of rotatable bonds is 1. The van der Waals surface area contributed by atoms with Gasteiger partial charge < -0.3 is 11.1 Å². The highest BCUT2D eigenvalue weighted by Gasteiger charge is 2.61. The Kier molecular flexibility index (Phi) is 4.31. The maximum Gasteiger partial charge on any atom is 0.245 e. The standard InChI is InChI=1S/C26H23FN4O2/c1-14-8-9-18-15(10-14)26(24(33)30-18)16(13-28)23(29)31(19-7-5-4-6-17(19)27)20-11-25(2,3)12-21(32)22(20)26/h4-10H,11-12,29H2,1-3H3,(H,30,33)/t26-/m0/s1. The van der Waals surface area contributed by atoms with Crippen molar-refractivity contribution in [3.63, 3.8) is 0 Å². The number of nitrogens with zero attached hydrogens (tertiary/aromatic N) is 2. The first-order valence-corrected chi connectivity index (χ1v) is 10.8. The van der Waals surface area contributed by atoms with Gasteiger partial charge in [0, 0.05) is 28.9 Å². The molecule has 0 saturated heterocycles. The zero-order valence-electron chi connectivity index (χ0n) is 18.6. The molecule has 0 unspecified atom stereocenters. The van der Waals surface area contributed by atoms with Gasteiger partial charge in [-0.25, -0.2) is 4.39 Å². The van der Waals surface area contributed by atoms with Crippen LogP contribution in [0.4, 0.5) is 15.8 Å². The second kappa shape index (κ2) is 6.79. The third kappa shape index (κ3) is 2.70. The second-order valence-electron chi connectivity index (χ2n) is 9.67. The van der Waals surface area contributed by atoms with E-state index >= 15 is 0 Å². The topological polar surface area (TPSA) is 99.2 Å². The van der Waals surface area contributed by atoms with Crippen molar-refractivity contribution in [1.82, 2.24) is 0 Å². The van der Waals surface area contributed by atoms with Crippen molar-refractivity contribution < 1.29 is 14.0 Å². The summed E-state index contributed by atoms with van der Waals surface area (Å²) in [5.74, 6) is -1.32. The number of carbonyl (C=O) groups is 2. The van der Waals surface area contributed by atoms with Crippen LogP contribution in [0.1, 0.15) is 37.8 Å². The fourth-order valence-electron chi connectivity index (χ4n) is 5.44. The Bertz CT molecular complexity index is 1360. The Morgan fingerprint density at radius 1 is 1.15 bits per heavy atom. The number of Topliss-reactive ketones (excluding diaryl/α,β-unsaturated/α-hetero) is 1. The summed E-state index contributed by atoms with van der Waals surface area (Å²) in [5, 5.41) is 13.1. The summed E-state index contributed by atoms with van der Waals surface area (Å²) in [4.78, 5) is 28.9. The molecule has 5 rings (SSSR count).